The van der Waals surface area contributed by atoms with E-state index < -0.39 is 30.9 Å². The molecule has 2 saturated heterocycles. The van der Waals surface area contributed by atoms with E-state index in [1.807, 2.05) is 49.2 Å². The summed E-state index contributed by atoms with van der Waals surface area (Å²) in [6.45, 7) is 6.77. The number of hydrogen-bond donors (Lipinski definition) is 2. The Balaban J connectivity index is 1.35. The van der Waals surface area contributed by atoms with E-state index >= 15 is 0 Å². The van der Waals surface area contributed by atoms with Crippen LogP contribution < -0.4 is 9.80 Å². The topological polar surface area (TPSA) is 164 Å². The van der Waals surface area contributed by atoms with Crippen molar-refractivity contribution in [1.29, 1.82) is 0 Å². The van der Waals surface area contributed by atoms with Crippen LogP contribution in [-0.2, 0) is 39.4 Å². The van der Waals surface area contributed by atoms with E-state index in [1.165, 1.54) is 12.1 Å². The number of carbonyl (C=O) groups is 2. The lowest BCUT2D eigenvalue weighted by Gasteiger charge is -2.32. The lowest BCUT2D eigenvalue weighted by atomic mass is 9.82. The number of hydrogen-bond acceptors (Lipinski definition) is 9. The number of amides is 2. The molecule has 2 aromatic carbocycles. The van der Waals surface area contributed by atoms with Crippen LogP contribution in [0.1, 0.15) is 62.3 Å². The van der Waals surface area contributed by atoms with Crippen molar-refractivity contribution < 1.29 is 29.2 Å². The highest BCUT2D eigenvalue weighted by atomic mass is 28.4. The molecular weight excluding hydrogens is 632 g/mol. The standard InChI is InChI=1S/C34H44N6O7Si/c1-23-32(48(2,3)46)30(14-17-37-22-25(15-18-41)35-36-37)47-34(23)28-20-27(40(44)45)12-13-29(28)39(33(34)43)21-24-9-8-10-26(19-24)38-16-7-5-4-6-11-31(38)42/h8-10,12-13,19-20,22-23,30,32,41,46H,4-7,11,14-18,21H2,1-3H3/t23-,30+,32-,34+/m1/s1. The van der Waals surface area contributed by atoms with Crippen LogP contribution in [0.3, 0.4) is 0 Å². The summed E-state index contributed by atoms with van der Waals surface area (Å²) in [5.41, 5.74) is 1.19. The van der Waals surface area contributed by atoms with Gasteiger partial charge in [0.05, 0.1) is 29.0 Å². The predicted molar refractivity (Wildman–Crippen MR) is 181 cm³/mol. The van der Waals surface area contributed by atoms with Crippen molar-refractivity contribution in [2.75, 3.05) is 23.0 Å². The number of aromatic nitrogens is 3. The number of nitro benzene ring substituents is 1. The molecule has 2 N–H and O–H groups in total. The molecular formula is C34H44N6O7Si. The summed E-state index contributed by atoms with van der Waals surface area (Å²) in [6.07, 6.45) is 6.49. The quantitative estimate of drug-likeness (QED) is 0.179. The molecule has 0 bridgehead atoms. The number of nitrogens with zero attached hydrogens (tertiary/aromatic N) is 6. The maximum absolute atomic E-state index is 14.8. The summed E-state index contributed by atoms with van der Waals surface area (Å²) >= 11 is 0. The zero-order valence-electron chi connectivity index (χ0n) is 27.7. The Morgan fingerprint density at radius 2 is 1.92 bits per heavy atom. The van der Waals surface area contributed by atoms with Gasteiger partial charge in [-0.05, 0) is 56.1 Å². The van der Waals surface area contributed by atoms with Crippen molar-refractivity contribution in [2.45, 2.75) is 95.3 Å². The van der Waals surface area contributed by atoms with Gasteiger partial charge in [-0.2, -0.15) is 0 Å². The van der Waals surface area contributed by atoms with E-state index in [1.54, 1.807) is 21.8 Å². The summed E-state index contributed by atoms with van der Waals surface area (Å²) in [4.78, 5) is 54.4. The molecule has 4 atom stereocenters. The molecule has 13 nitrogen and oxygen atoms in total. The zero-order chi connectivity index (χ0) is 34.2. The van der Waals surface area contributed by atoms with Crippen LogP contribution in [0.15, 0.2) is 48.7 Å². The van der Waals surface area contributed by atoms with E-state index in [4.69, 9.17) is 4.74 Å². The van der Waals surface area contributed by atoms with Gasteiger partial charge in [0.1, 0.15) is 0 Å². The summed E-state index contributed by atoms with van der Waals surface area (Å²) < 4.78 is 8.51. The molecule has 1 aromatic heterocycles. The third kappa shape index (κ3) is 6.29. The first-order valence-electron chi connectivity index (χ1n) is 16.8. The lowest BCUT2D eigenvalue weighted by molar-refractivity contribution is -0.385. The van der Waals surface area contributed by atoms with Gasteiger partial charge in [0.15, 0.2) is 13.9 Å². The van der Waals surface area contributed by atoms with Gasteiger partial charge in [0, 0.05) is 73.6 Å². The zero-order valence-corrected chi connectivity index (χ0v) is 28.7. The molecule has 2 fully saturated rings. The summed E-state index contributed by atoms with van der Waals surface area (Å²) in [6, 6.07) is 12.1. The number of carbonyl (C=O) groups excluding carboxylic acids is 2. The second kappa shape index (κ2) is 13.5. The fraction of sp³-hybridized carbons (Fsp3) is 0.529. The molecule has 0 unspecified atom stereocenters. The molecule has 0 radical (unpaired) electrons. The van der Waals surface area contributed by atoms with Gasteiger partial charge in [-0.15, -0.1) is 5.10 Å². The van der Waals surface area contributed by atoms with Crippen molar-refractivity contribution in [3.05, 3.63) is 75.6 Å². The van der Waals surface area contributed by atoms with Gasteiger partial charge in [-0.1, -0.05) is 37.1 Å². The van der Waals surface area contributed by atoms with Crippen molar-refractivity contribution in [3.63, 3.8) is 0 Å². The van der Waals surface area contributed by atoms with Crippen LogP contribution in [0.2, 0.25) is 18.6 Å². The lowest BCUT2D eigenvalue weighted by Crippen LogP contribution is -2.46. The SMILES string of the molecule is C[C@@H]1[C@@H]([Si](C)(C)O)[C@H](CCn2cc(CCO)nn2)O[C@@]12C(=O)N(Cc1cccc(N3CCCCCCC3=O)c1)c1ccc([N+](=O)[O-])cc12. The summed E-state index contributed by atoms with van der Waals surface area (Å²) in [5, 5.41) is 29.5. The molecule has 256 valence electrons. The van der Waals surface area contributed by atoms with Gasteiger partial charge >= 0.3 is 0 Å². The van der Waals surface area contributed by atoms with Gasteiger partial charge in [-0.3, -0.25) is 24.4 Å². The van der Waals surface area contributed by atoms with Crippen LogP contribution in [0.25, 0.3) is 0 Å². The Kier molecular flexibility index (Phi) is 9.53. The smallest absolute Gasteiger partial charge is 0.269 e. The first kappa shape index (κ1) is 33.9. The number of ether oxygens (including phenoxy) is 1. The molecule has 2 amide bonds. The molecule has 3 aliphatic rings. The Hall–Kier alpha value is -3.98. The number of aryl methyl sites for hydroxylation is 1. The predicted octanol–water partition coefficient (Wildman–Crippen LogP) is 4.45. The number of aliphatic hydroxyl groups excluding tert-OH is 1. The molecule has 14 heteroatoms. The maximum Gasteiger partial charge on any atom is 0.269 e. The molecule has 48 heavy (non-hydrogen) atoms. The number of fused-ring (bicyclic) bond motifs is 2. The van der Waals surface area contributed by atoms with Gasteiger partial charge < -0.3 is 24.4 Å². The number of aliphatic hydroxyl groups is 1. The normalized spacial score (nSPS) is 24.6. The van der Waals surface area contributed by atoms with E-state index in [0.717, 1.165) is 36.9 Å². The van der Waals surface area contributed by atoms with Crippen LogP contribution in [0.5, 0.6) is 0 Å². The minimum Gasteiger partial charge on any atom is -0.432 e. The highest BCUT2D eigenvalue weighted by molar-refractivity contribution is 6.71. The maximum atomic E-state index is 14.8. The second-order valence-corrected chi connectivity index (χ2v) is 17.8. The number of nitro groups is 1. The van der Waals surface area contributed by atoms with Gasteiger partial charge in [0.2, 0.25) is 5.91 Å². The van der Waals surface area contributed by atoms with Crippen molar-refractivity contribution in [1.82, 2.24) is 15.0 Å². The fourth-order valence-corrected chi connectivity index (χ4v) is 10.6. The second-order valence-electron chi connectivity index (χ2n) is 13.8. The third-order valence-corrected chi connectivity index (χ3v) is 12.7. The largest absolute Gasteiger partial charge is 0.432 e. The highest BCUT2D eigenvalue weighted by Crippen LogP contribution is 2.60. The minimum absolute atomic E-state index is 0.0400. The third-order valence-electron chi connectivity index (χ3n) is 10.2. The Labute approximate surface area is 280 Å². The molecule has 3 aromatic rings. The van der Waals surface area contributed by atoms with E-state index in [9.17, 15) is 29.6 Å². The number of benzene rings is 2. The number of rotatable bonds is 10. The van der Waals surface area contributed by atoms with Crippen LogP contribution in [0.4, 0.5) is 17.1 Å². The Morgan fingerprint density at radius 1 is 1.12 bits per heavy atom. The average molecular weight is 677 g/mol. The fourth-order valence-electron chi connectivity index (χ4n) is 7.98. The first-order valence-corrected chi connectivity index (χ1v) is 19.9. The molecule has 6 rings (SSSR count). The Bertz CT molecular complexity index is 1690. The molecule has 3 aliphatic heterocycles. The highest BCUT2D eigenvalue weighted by Gasteiger charge is 2.66. The molecule has 1 spiro atoms. The summed E-state index contributed by atoms with van der Waals surface area (Å²) in [5.74, 6) is -0.717. The molecule has 0 aliphatic carbocycles. The van der Waals surface area contributed by atoms with Gasteiger partial charge in [0.25, 0.3) is 11.6 Å². The van der Waals surface area contributed by atoms with Crippen molar-refractivity contribution in [3.8, 4) is 0 Å². The first-order chi connectivity index (χ1) is 22.9. The van der Waals surface area contributed by atoms with Crippen molar-refractivity contribution in [2.24, 2.45) is 5.92 Å². The number of anilines is 2. The van der Waals surface area contributed by atoms with Crippen LogP contribution >= 0.6 is 0 Å². The molecule has 0 saturated carbocycles. The average Bonchev–Trinajstić information content (AvgIpc) is 3.68. The Morgan fingerprint density at radius 3 is 2.67 bits per heavy atom. The van der Waals surface area contributed by atoms with Crippen LogP contribution in [-0.4, -0.2) is 69.2 Å². The van der Waals surface area contributed by atoms with E-state index in [2.05, 4.69) is 10.3 Å². The van der Waals surface area contributed by atoms with E-state index in [-0.39, 0.29) is 36.2 Å². The van der Waals surface area contributed by atoms with Crippen molar-refractivity contribution >= 4 is 37.2 Å². The number of non-ortho nitro benzene ring substituents is 1. The minimum atomic E-state index is -2.96. The van der Waals surface area contributed by atoms with E-state index in [0.29, 0.717) is 49.3 Å². The monoisotopic (exact) mass is 676 g/mol. The molecule has 4 heterocycles. The van der Waals surface area contributed by atoms with Gasteiger partial charge in [-0.25, -0.2) is 0 Å². The van der Waals surface area contributed by atoms with Crippen LogP contribution in [0, 0.1) is 16.0 Å². The summed E-state index contributed by atoms with van der Waals surface area (Å²) in [7, 11) is -2.96.